The zero-order valence-corrected chi connectivity index (χ0v) is 12.4. The minimum Gasteiger partial charge on any atom is -0.494 e. The first-order valence-electron chi connectivity index (χ1n) is 7.14. The normalized spacial score (nSPS) is 14.4. The Balaban J connectivity index is 2.12. The maximum Gasteiger partial charge on any atom is 0.238 e. The van der Waals surface area contributed by atoms with Crippen molar-refractivity contribution < 1.29 is 14.3 Å². The zero-order chi connectivity index (χ0) is 15.2. The van der Waals surface area contributed by atoms with Gasteiger partial charge in [0.05, 0.1) is 19.3 Å². The molecule has 114 valence electrons. The van der Waals surface area contributed by atoms with Gasteiger partial charge < -0.3 is 20.3 Å². The first-order chi connectivity index (χ1) is 10.2. The molecule has 1 aromatic carbocycles. The predicted molar refractivity (Wildman–Crippen MR) is 81.8 cm³/mol. The molecule has 21 heavy (non-hydrogen) atoms. The fourth-order valence-electron chi connectivity index (χ4n) is 2.32. The summed E-state index contributed by atoms with van der Waals surface area (Å²) >= 11 is 0. The number of rotatable bonds is 6. The van der Waals surface area contributed by atoms with Crippen molar-refractivity contribution in [3.05, 3.63) is 18.2 Å². The van der Waals surface area contributed by atoms with Crippen LogP contribution < -0.4 is 20.3 Å². The van der Waals surface area contributed by atoms with E-state index in [9.17, 15) is 9.59 Å². The second-order valence-electron chi connectivity index (χ2n) is 4.86. The highest BCUT2D eigenvalue weighted by molar-refractivity contribution is 5.98. The van der Waals surface area contributed by atoms with Crippen LogP contribution in [0.15, 0.2) is 18.2 Å². The fourth-order valence-corrected chi connectivity index (χ4v) is 2.32. The topological polar surface area (TPSA) is 70.7 Å². The Morgan fingerprint density at radius 2 is 2.24 bits per heavy atom. The van der Waals surface area contributed by atoms with E-state index < -0.39 is 0 Å². The molecule has 0 saturated carbocycles. The number of hydrogen-bond acceptors (Lipinski definition) is 4. The highest BCUT2D eigenvalue weighted by Crippen LogP contribution is 2.33. The van der Waals surface area contributed by atoms with Crippen molar-refractivity contribution in [3.63, 3.8) is 0 Å². The van der Waals surface area contributed by atoms with Crippen LogP contribution in [0.5, 0.6) is 5.75 Å². The van der Waals surface area contributed by atoms with E-state index in [2.05, 4.69) is 10.6 Å². The highest BCUT2D eigenvalue weighted by atomic mass is 16.5. The van der Waals surface area contributed by atoms with Gasteiger partial charge in [0.1, 0.15) is 5.75 Å². The molecule has 0 aromatic heterocycles. The number of ether oxygens (including phenoxy) is 1. The van der Waals surface area contributed by atoms with E-state index in [1.807, 2.05) is 13.0 Å². The van der Waals surface area contributed by atoms with Gasteiger partial charge in [-0.05, 0) is 25.1 Å². The number of methoxy groups -OCH3 is 1. The molecule has 0 bridgehead atoms. The van der Waals surface area contributed by atoms with Crippen molar-refractivity contribution in [3.8, 4) is 5.75 Å². The monoisotopic (exact) mass is 291 g/mol. The Morgan fingerprint density at radius 1 is 1.43 bits per heavy atom. The fraction of sp³-hybridized carbons (Fsp3) is 0.467. The summed E-state index contributed by atoms with van der Waals surface area (Å²) in [5.74, 6) is 0.590. The van der Waals surface area contributed by atoms with Crippen LogP contribution in [0, 0.1) is 0 Å². The predicted octanol–water partition coefficient (Wildman–Crippen LogP) is 1.37. The summed E-state index contributed by atoms with van der Waals surface area (Å²) < 4.78 is 5.35. The first-order valence-corrected chi connectivity index (χ1v) is 7.14. The lowest BCUT2D eigenvalue weighted by Gasteiger charge is -2.19. The Kier molecular flexibility index (Phi) is 5.16. The third kappa shape index (κ3) is 3.72. The average Bonchev–Trinajstić information content (AvgIpc) is 2.91. The molecule has 1 saturated heterocycles. The molecule has 0 unspecified atom stereocenters. The van der Waals surface area contributed by atoms with Gasteiger partial charge in [-0.3, -0.25) is 9.59 Å². The summed E-state index contributed by atoms with van der Waals surface area (Å²) in [5, 5.41) is 5.76. The van der Waals surface area contributed by atoms with Gasteiger partial charge in [0.15, 0.2) is 0 Å². The third-order valence-electron chi connectivity index (χ3n) is 3.36. The van der Waals surface area contributed by atoms with Gasteiger partial charge in [-0.1, -0.05) is 6.92 Å². The van der Waals surface area contributed by atoms with Gasteiger partial charge in [-0.25, -0.2) is 0 Å². The van der Waals surface area contributed by atoms with Crippen molar-refractivity contribution in [1.82, 2.24) is 5.32 Å². The van der Waals surface area contributed by atoms with Gasteiger partial charge >= 0.3 is 0 Å². The van der Waals surface area contributed by atoms with Gasteiger partial charge in [0, 0.05) is 24.7 Å². The number of carbonyl (C=O) groups excluding carboxylic acids is 2. The quantitative estimate of drug-likeness (QED) is 0.830. The maximum atomic E-state index is 11.8. The molecule has 0 atom stereocenters. The molecule has 2 rings (SSSR count). The molecular formula is C15H21N3O3. The number of nitrogens with zero attached hydrogens (tertiary/aromatic N) is 1. The molecule has 2 amide bonds. The standard InChI is InChI=1S/C15H21N3O3/c1-3-16-10-14(19)17-11-6-7-12(13(9-11)21-2)18-8-4-5-15(18)20/h6-7,9,16H,3-5,8,10H2,1-2H3,(H,17,19). The van der Waals surface area contributed by atoms with Crippen molar-refractivity contribution in [2.75, 3.05) is 37.0 Å². The second kappa shape index (κ2) is 7.08. The zero-order valence-electron chi connectivity index (χ0n) is 12.4. The Bertz CT molecular complexity index is 531. The highest BCUT2D eigenvalue weighted by Gasteiger charge is 2.24. The summed E-state index contributed by atoms with van der Waals surface area (Å²) in [6.45, 7) is 3.66. The Labute approximate surface area is 124 Å². The molecular weight excluding hydrogens is 270 g/mol. The molecule has 1 aliphatic heterocycles. The molecule has 1 fully saturated rings. The Hall–Kier alpha value is -2.08. The van der Waals surface area contributed by atoms with Crippen LogP contribution in [-0.4, -0.2) is 38.6 Å². The van der Waals surface area contributed by atoms with Gasteiger partial charge in [-0.15, -0.1) is 0 Å². The van der Waals surface area contributed by atoms with Crippen molar-refractivity contribution >= 4 is 23.2 Å². The molecule has 6 heteroatoms. The maximum absolute atomic E-state index is 11.8. The average molecular weight is 291 g/mol. The molecule has 2 N–H and O–H groups in total. The molecule has 6 nitrogen and oxygen atoms in total. The number of likely N-dealkylation sites (N-methyl/N-ethyl adjacent to an activating group) is 1. The van der Waals surface area contributed by atoms with E-state index in [-0.39, 0.29) is 18.4 Å². The van der Waals surface area contributed by atoms with Crippen LogP contribution >= 0.6 is 0 Å². The van der Waals surface area contributed by atoms with E-state index >= 15 is 0 Å². The lowest BCUT2D eigenvalue weighted by Crippen LogP contribution is -2.28. The van der Waals surface area contributed by atoms with Crippen LogP contribution in [0.2, 0.25) is 0 Å². The first kappa shape index (κ1) is 15.3. The van der Waals surface area contributed by atoms with Gasteiger partial charge in [-0.2, -0.15) is 0 Å². The third-order valence-corrected chi connectivity index (χ3v) is 3.36. The number of nitrogens with one attached hydrogen (secondary N) is 2. The van der Waals surface area contributed by atoms with Gasteiger partial charge in [0.25, 0.3) is 0 Å². The van der Waals surface area contributed by atoms with Crippen LogP contribution in [0.4, 0.5) is 11.4 Å². The Morgan fingerprint density at radius 3 is 2.86 bits per heavy atom. The molecule has 0 spiro atoms. The summed E-state index contributed by atoms with van der Waals surface area (Å²) in [7, 11) is 1.56. The molecule has 0 radical (unpaired) electrons. The van der Waals surface area contributed by atoms with E-state index in [1.54, 1.807) is 24.1 Å². The summed E-state index contributed by atoms with van der Waals surface area (Å²) in [4.78, 5) is 25.2. The number of hydrogen-bond donors (Lipinski definition) is 2. The van der Waals surface area contributed by atoms with E-state index in [0.717, 1.165) is 18.7 Å². The number of amides is 2. The smallest absolute Gasteiger partial charge is 0.238 e. The lowest BCUT2D eigenvalue weighted by atomic mass is 10.2. The van der Waals surface area contributed by atoms with Crippen molar-refractivity contribution in [2.24, 2.45) is 0 Å². The van der Waals surface area contributed by atoms with Crippen LogP contribution in [0.1, 0.15) is 19.8 Å². The lowest BCUT2D eigenvalue weighted by molar-refractivity contribution is -0.117. The van der Waals surface area contributed by atoms with Crippen LogP contribution in [0.3, 0.4) is 0 Å². The molecule has 1 aliphatic rings. The molecule has 1 aromatic rings. The summed E-state index contributed by atoms with van der Waals surface area (Å²) in [6.07, 6.45) is 1.44. The van der Waals surface area contributed by atoms with E-state index in [1.165, 1.54) is 0 Å². The largest absolute Gasteiger partial charge is 0.494 e. The minimum absolute atomic E-state index is 0.107. The number of carbonyl (C=O) groups is 2. The van der Waals surface area contributed by atoms with Crippen molar-refractivity contribution in [2.45, 2.75) is 19.8 Å². The second-order valence-corrected chi connectivity index (χ2v) is 4.86. The van der Waals surface area contributed by atoms with Crippen LogP contribution in [-0.2, 0) is 9.59 Å². The molecule has 0 aliphatic carbocycles. The molecule has 1 heterocycles. The number of benzene rings is 1. The SMILES string of the molecule is CCNCC(=O)Nc1ccc(N2CCCC2=O)c(OC)c1. The van der Waals surface area contributed by atoms with Gasteiger partial charge in [0.2, 0.25) is 11.8 Å². The minimum atomic E-state index is -0.107. The summed E-state index contributed by atoms with van der Waals surface area (Å²) in [5.41, 5.74) is 1.41. The number of anilines is 2. The van der Waals surface area contributed by atoms with E-state index in [4.69, 9.17) is 4.74 Å². The summed E-state index contributed by atoms with van der Waals surface area (Å²) in [6, 6.07) is 5.34. The van der Waals surface area contributed by atoms with Crippen LogP contribution in [0.25, 0.3) is 0 Å². The van der Waals surface area contributed by atoms with Crippen molar-refractivity contribution in [1.29, 1.82) is 0 Å². The van der Waals surface area contributed by atoms with E-state index in [0.29, 0.717) is 24.4 Å².